The van der Waals surface area contributed by atoms with Crippen molar-refractivity contribution in [3.05, 3.63) is 28.7 Å². The largest absolute Gasteiger partial charge is 0.240 e. The van der Waals surface area contributed by atoms with Crippen molar-refractivity contribution in [3.63, 3.8) is 0 Å². The molecule has 0 radical (unpaired) electrons. The van der Waals surface area contributed by atoms with Crippen LogP contribution in [-0.4, -0.2) is 15.0 Å². The Morgan fingerprint density at radius 3 is 2.78 bits per heavy atom. The van der Waals surface area contributed by atoms with Crippen LogP contribution in [0, 0.1) is 11.8 Å². The number of nitrogens with one attached hydrogen (secondary N) is 1. The number of sulfonamides is 1. The van der Waals surface area contributed by atoms with Crippen LogP contribution in [0.1, 0.15) is 26.2 Å². The van der Waals surface area contributed by atoms with E-state index in [0.29, 0.717) is 23.3 Å². The molecule has 0 spiro atoms. The summed E-state index contributed by atoms with van der Waals surface area (Å²) >= 11 is 3.29. The molecule has 2 rings (SSSR count). The zero-order chi connectivity index (χ0) is 13.2. The number of hydrogen-bond acceptors (Lipinski definition) is 2. The highest BCUT2D eigenvalue weighted by atomic mass is 79.9. The van der Waals surface area contributed by atoms with Crippen molar-refractivity contribution < 1.29 is 8.42 Å². The Morgan fingerprint density at radius 1 is 1.39 bits per heavy atom. The van der Waals surface area contributed by atoms with Gasteiger partial charge in [0.1, 0.15) is 0 Å². The van der Waals surface area contributed by atoms with Crippen molar-refractivity contribution in [2.24, 2.45) is 11.8 Å². The SMILES string of the molecule is CC1CCCC1CNS(=O)(=O)c1cccc(Br)c1. The Kier molecular flexibility index (Phi) is 4.45. The minimum Gasteiger partial charge on any atom is -0.211 e. The highest BCUT2D eigenvalue weighted by molar-refractivity contribution is 9.10. The van der Waals surface area contributed by atoms with Crippen molar-refractivity contribution >= 4 is 26.0 Å². The first-order valence-electron chi connectivity index (χ1n) is 6.24. The van der Waals surface area contributed by atoms with Crippen LogP contribution >= 0.6 is 15.9 Å². The Bertz CT molecular complexity index is 515. The molecule has 0 aliphatic heterocycles. The third-order valence-corrected chi connectivity index (χ3v) is 5.60. The summed E-state index contributed by atoms with van der Waals surface area (Å²) in [5.41, 5.74) is 0. The highest BCUT2D eigenvalue weighted by Crippen LogP contribution is 2.30. The molecule has 1 aromatic carbocycles. The van der Waals surface area contributed by atoms with Gasteiger partial charge in [-0.05, 0) is 36.5 Å². The normalized spacial score (nSPS) is 24.3. The van der Waals surface area contributed by atoms with E-state index in [0.717, 1.165) is 10.9 Å². The summed E-state index contributed by atoms with van der Waals surface area (Å²) in [4.78, 5) is 0.322. The van der Waals surface area contributed by atoms with Gasteiger partial charge in [0.2, 0.25) is 10.0 Å². The van der Waals surface area contributed by atoms with Crippen LogP contribution in [0.15, 0.2) is 33.6 Å². The van der Waals surface area contributed by atoms with Crippen LogP contribution in [0.5, 0.6) is 0 Å². The molecule has 1 fully saturated rings. The van der Waals surface area contributed by atoms with Crippen molar-refractivity contribution in [3.8, 4) is 0 Å². The molecule has 1 saturated carbocycles. The third-order valence-electron chi connectivity index (χ3n) is 3.68. The van der Waals surface area contributed by atoms with E-state index in [1.807, 2.05) is 6.07 Å². The molecule has 100 valence electrons. The average molecular weight is 332 g/mol. The van der Waals surface area contributed by atoms with Gasteiger partial charge < -0.3 is 0 Å². The molecule has 1 aromatic rings. The zero-order valence-electron chi connectivity index (χ0n) is 10.4. The van der Waals surface area contributed by atoms with Gasteiger partial charge in [-0.25, -0.2) is 13.1 Å². The summed E-state index contributed by atoms with van der Waals surface area (Å²) in [7, 11) is -3.37. The molecule has 1 aliphatic rings. The maximum Gasteiger partial charge on any atom is 0.240 e. The first kappa shape index (κ1) is 14.0. The Hall–Kier alpha value is -0.390. The monoisotopic (exact) mass is 331 g/mol. The van der Waals surface area contributed by atoms with Crippen molar-refractivity contribution in [1.29, 1.82) is 0 Å². The molecule has 0 heterocycles. The lowest BCUT2D eigenvalue weighted by Crippen LogP contribution is -2.30. The van der Waals surface area contributed by atoms with Gasteiger partial charge in [-0.15, -0.1) is 0 Å². The molecular weight excluding hydrogens is 314 g/mol. The fraction of sp³-hybridized carbons (Fsp3) is 0.538. The van der Waals surface area contributed by atoms with Gasteiger partial charge in [0.05, 0.1) is 4.90 Å². The lowest BCUT2D eigenvalue weighted by atomic mass is 9.99. The quantitative estimate of drug-likeness (QED) is 0.921. The minimum atomic E-state index is -3.37. The van der Waals surface area contributed by atoms with Gasteiger partial charge in [0, 0.05) is 11.0 Å². The smallest absolute Gasteiger partial charge is 0.211 e. The van der Waals surface area contributed by atoms with Crippen LogP contribution in [0.2, 0.25) is 0 Å². The van der Waals surface area contributed by atoms with E-state index < -0.39 is 10.0 Å². The van der Waals surface area contributed by atoms with Gasteiger partial charge in [-0.1, -0.05) is 41.8 Å². The van der Waals surface area contributed by atoms with Crippen LogP contribution in [0.3, 0.4) is 0 Å². The number of rotatable bonds is 4. The van der Waals surface area contributed by atoms with Crippen LogP contribution < -0.4 is 4.72 Å². The van der Waals surface area contributed by atoms with Gasteiger partial charge in [-0.3, -0.25) is 0 Å². The second-order valence-corrected chi connectivity index (χ2v) is 7.66. The lowest BCUT2D eigenvalue weighted by molar-refractivity contribution is 0.414. The third kappa shape index (κ3) is 3.33. The fourth-order valence-electron chi connectivity index (χ4n) is 2.46. The molecule has 0 saturated heterocycles. The van der Waals surface area contributed by atoms with Crippen molar-refractivity contribution in [2.45, 2.75) is 31.1 Å². The van der Waals surface area contributed by atoms with Gasteiger partial charge in [0.25, 0.3) is 0 Å². The summed E-state index contributed by atoms with van der Waals surface area (Å²) in [5, 5.41) is 0. The van der Waals surface area contributed by atoms with Crippen LogP contribution in [-0.2, 0) is 10.0 Å². The van der Waals surface area contributed by atoms with E-state index in [2.05, 4.69) is 27.6 Å². The zero-order valence-corrected chi connectivity index (χ0v) is 12.8. The lowest BCUT2D eigenvalue weighted by Gasteiger charge is -2.16. The van der Waals surface area contributed by atoms with Crippen molar-refractivity contribution in [1.82, 2.24) is 4.72 Å². The second-order valence-electron chi connectivity index (χ2n) is 4.98. The predicted octanol–water partition coefficient (Wildman–Crippen LogP) is 3.16. The summed E-state index contributed by atoms with van der Waals surface area (Å²) in [6.45, 7) is 2.75. The fourth-order valence-corrected chi connectivity index (χ4v) is 4.15. The summed E-state index contributed by atoms with van der Waals surface area (Å²) < 4.78 is 27.7. The first-order valence-corrected chi connectivity index (χ1v) is 8.52. The van der Waals surface area contributed by atoms with Crippen LogP contribution in [0.4, 0.5) is 0 Å². The van der Waals surface area contributed by atoms with Gasteiger partial charge >= 0.3 is 0 Å². The molecule has 0 bridgehead atoms. The minimum absolute atomic E-state index is 0.322. The first-order chi connectivity index (χ1) is 8.49. The molecule has 18 heavy (non-hydrogen) atoms. The molecule has 2 unspecified atom stereocenters. The van der Waals surface area contributed by atoms with E-state index in [1.165, 1.54) is 12.8 Å². The van der Waals surface area contributed by atoms with E-state index in [1.54, 1.807) is 18.2 Å². The molecule has 0 aromatic heterocycles. The Balaban J connectivity index is 2.03. The Morgan fingerprint density at radius 2 is 2.17 bits per heavy atom. The van der Waals surface area contributed by atoms with E-state index >= 15 is 0 Å². The summed E-state index contributed by atoms with van der Waals surface area (Å²) in [6.07, 6.45) is 3.55. The average Bonchev–Trinajstić information content (AvgIpc) is 2.72. The second kappa shape index (κ2) is 5.72. The van der Waals surface area contributed by atoms with Gasteiger partial charge in [-0.2, -0.15) is 0 Å². The van der Waals surface area contributed by atoms with Crippen molar-refractivity contribution in [2.75, 3.05) is 6.54 Å². The number of hydrogen-bond donors (Lipinski definition) is 1. The molecule has 5 heteroatoms. The Labute approximate surface area is 117 Å². The maximum atomic E-state index is 12.1. The number of halogens is 1. The molecular formula is C13H18BrNO2S. The van der Waals surface area contributed by atoms with Crippen LogP contribution in [0.25, 0.3) is 0 Å². The number of benzene rings is 1. The standard InChI is InChI=1S/C13H18BrNO2S/c1-10-4-2-5-11(10)9-15-18(16,17)13-7-3-6-12(14)8-13/h3,6-8,10-11,15H,2,4-5,9H2,1H3. The summed E-state index contributed by atoms with van der Waals surface area (Å²) in [6, 6.07) is 6.79. The topological polar surface area (TPSA) is 46.2 Å². The molecule has 1 N–H and O–H groups in total. The molecule has 3 nitrogen and oxygen atoms in total. The predicted molar refractivity (Wildman–Crippen MR) is 75.8 cm³/mol. The van der Waals surface area contributed by atoms with E-state index in [4.69, 9.17) is 0 Å². The molecule has 2 atom stereocenters. The summed E-state index contributed by atoms with van der Waals surface area (Å²) in [5.74, 6) is 1.10. The maximum absolute atomic E-state index is 12.1. The van der Waals surface area contributed by atoms with Gasteiger partial charge in [0.15, 0.2) is 0 Å². The highest BCUT2D eigenvalue weighted by Gasteiger charge is 2.25. The van der Waals surface area contributed by atoms with E-state index in [9.17, 15) is 8.42 Å². The molecule has 1 aliphatic carbocycles. The molecule has 0 amide bonds. The van der Waals surface area contributed by atoms with E-state index in [-0.39, 0.29) is 0 Å².